The molecular formula is C27H29N3O5S2. The third kappa shape index (κ3) is 5.50. The van der Waals surface area contributed by atoms with Gasteiger partial charge >= 0.3 is 0 Å². The molecule has 5 rings (SSSR count). The Hall–Kier alpha value is -3.37. The summed E-state index contributed by atoms with van der Waals surface area (Å²) in [7, 11) is -5.56. The Morgan fingerprint density at radius 3 is 2.32 bits per heavy atom. The van der Waals surface area contributed by atoms with Crippen molar-refractivity contribution in [2.45, 2.75) is 24.3 Å². The first kappa shape index (κ1) is 25.3. The van der Waals surface area contributed by atoms with E-state index in [9.17, 15) is 21.6 Å². The van der Waals surface area contributed by atoms with Gasteiger partial charge < -0.3 is 9.88 Å². The number of rotatable bonds is 9. The van der Waals surface area contributed by atoms with E-state index < -0.39 is 25.4 Å². The zero-order valence-corrected chi connectivity index (χ0v) is 22.3. The van der Waals surface area contributed by atoms with Gasteiger partial charge in [0.25, 0.3) is 5.56 Å². The highest BCUT2D eigenvalue weighted by Gasteiger charge is 2.24. The van der Waals surface area contributed by atoms with Crippen molar-refractivity contribution in [2.24, 2.45) is 13.0 Å². The van der Waals surface area contributed by atoms with Crippen LogP contribution in [0.5, 0.6) is 0 Å². The molecule has 0 aliphatic heterocycles. The van der Waals surface area contributed by atoms with Gasteiger partial charge in [0.2, 0.25) is 10.0 Å². The van der Waals surface area contributed by atoms with Crippen molar-refractivity contribution in [2.75, 3.05) is 18.1 Å². The van der Waals surface area contributed by atoms with E-state index in [1.807, 2.05) is 18.2 Å². The molecule has 1 aliphatic carbocycles. The molecular weight excluding hydrogens is 510 g/mol. The summed E-state index contributed by atoms with van der Waals surface area (Å²) >= 11 is 0. The maximum Gasteiger partial charge on any atom is 0.275 e. The Balaban J connectivity index is 1.67. The van der Waals surface area contributed by atoms with Crippen LogP contribution in [0.1, 0.15) is 24.0 Å². The van der Waals surface area contributed by atoms with Crippen molar-refractivity contribution >= 4 is 36.5 Å². The first-order valence-electron chi connectivity index (χ1n) is 12.0. The normalized spacial score (nSPS) is 14.2. The molecule has 2 aromatic heterocycles. The minimum Gasteiger partial charge on any atom is -0.384 e. The van der Waals surface area contributed by atoms with Crippen molar-refractivity contribution in [3.8, 4) is 11.1 Å². The first-order chi connectivity index (χ1) is 17.5. The number of hydrogen-bond acceptors (Lipinski definition) is 6. The van der Waals surface area contributed by atoms with E-state index in [2.05, 4.69) is 5.32 Å². The molecule has 0 amide bonds. The summed E-state index contributed by atoms with van der Waals surface area (Å²) in [6.07, 6.45) is 6.63. The highest BCUT2D eigenvalue weighted by Crippen LogP contribution is 2.36. The summed E-state index contributed by atoms with van der Waals surface area (Å²) in [6.45, 7) is 0.791. The van der Waals surface area contributed by atoms with E-state index in [4.69, 9.17) is 0 Å². The SMILES string of the molecule is Cn1cc(-c2cc(CS(C)(=O)=O)ccc2NCC2CC2)c2ccn(S(=O)(=O)Cc3ccccc3)c2c1=O. The number of benzene rings is 2. The van der Waals surface area contributed by atoms with Crippen LogP contribution in [0.2, 0.25) is 0 Å². The lowest BCUT2D eigenvalue weighted by atomic mass is 9.99. The largest absolute Gasteiger partial charge is 0.384 e. The van der Waals surface area contributed by atoms with Gasteiger partial charge in [-0.05, 0) is 48.1 Å². The zero-order chi connectivity index (χ0) is 26.4. The second-order valence-electron chi connectivity index (χ2n) is 9.85. The number of sulfone groups is 1. The van der Waals surface area contributed by atoms with E-state index >= 15 is 0 Å². The fourth-order valence-electron chi connectivity index (χ4n) is 4.57. The maximum absolute atomic E-state index is 13.4. The number of anilines is 1. The molecule has 2 heterocycles. The molecule has 37 heavy (non-hydrogen) atoms. The molecule has 8 nitrogen and oxygen atoms in total. The van der Waals surface area contributed by atoms with Gasteiger partial charge in [0.15, 0.2) is 9.84 Å². The first-order valence-corrected chi connectivity index (χ1v) is 15.7. The van der Waals surface area contributed by atoms with Gasteiger partial charge in [-0.3, -0.25) is 4.79 Å². The van der Waals surface area contributed by atoms with Crippen molar-refractivity contribution in [1.29, 1.82) is 0 Å². The zero-order valence-electron chi connectivity index (χ0n) is 20.7. The predicted octanol–water partition coefficient (Wildman–Crippen LogP) is 3.75. The molecule has 2 aromatic carbocycles. The van der Waals surface area contributed by atoms with Gasteiger partial charge in [0.05, 0.1) is 11.5 Å². The Bertz CT molecular complexity index is 1750. The highest BCUT2D eigenvalue weighted by atomic mass is 32.2. The van der Waals surface area contributed by atoms with Crippen LogP contribution in [0.15, 0.2) is 71.8 Å². The number of aryl methyl sites for hydroxylation is 1. The van der Waals surface area contributed by atoms with Crippen molar-refractivity contribution in [3.05, 3.63) is 88.5 Å². The quantitative estimate of drug-likeness (QED) is 0.347. The number of nitrogens with one attached hydrogen (secondary N) is 1. The highest BCUT2D eigenvalue weighted by molar-refractivity contribution is 7.90. The number of nitrogens with zero attached hydrogens (tertiary/aromatic N) is 2. The summed E-state index contributed by atoms with van der Waals surface area (Å²) in [5.74, 6) is 0.237. The number of pyridine rings is 1. The van der Waals surface area contributed by atoms with E-state index in [-0.39, 0.29) is 17.0 Å². The molecule has 1 N–H and O–H groups in total. The average Bonchev–Trinajstić information content (AvgIpc) is 3.54. The second kappa shape index (κ2) is 9.50. The van der Waals surface area contributed by atoms with Crippen LogP contribution < -0.4 is 10.9 Å². The van der Waals surface area contributed by atoms with E-state index in [1.54, 1.807) is 49.6 Å². The molecule has 4 aromatic rings. The van der Waals surface area contributed by atoms with Crippen molar-refractivity contribution in [1.82, 2.24) is 8.54 Å². The summed E-state index contributed by atoms with van der Waals surface area (Å²) in [6, 6.07) is 15.9. The van der Waals surface area contributed by atoms with Crippen LogP contribution in [-0.2, 0) is 38.4 Å². The number of hydrogen-bond donors (Lipinski definition) is 1. The van der Waals surface area contributed by atoms with Crippen LogP contribution >= 0.6 is 0 Å². The van der Waals surface area contributed by atoms with Gasteiger partial charge in [-0.15, -0.1) is 0 Å². The minimum atomic E-state index is -3.88. The van der Waals surface area contributed by atoms with Crippen molar-refractivity contribution in [3.63, 3.8) is 0 Å². The fraction of sp³-hybridized carbons (Fsp3) is 0.296. The Labute approximate surface area is 216 Å². The number of fused-ring (bicyclic) bond motifs is 1. The summed E-state index contributed by atoms with van der Waals surface area (Å²) in [4.78, 5) is 13.2. The Morgan fingerprint density at radius 2 is 1.65 bits per heavy atom. The summed E-state index contributed by atoms with van der Waals surface area (Å²) in [5.41, 5.74) is 3.06. The standard InChI is InChI=1S/C27H29N3O5S2/c1-29-16-24(23-14-21(17-36(2,32)33)10-11-25(23)28-15-19-8-9-19)22-12-13-30(26(22)27(29)31)37(34,35)18-20-6-4-3-5-7-20/h3-7,10-14,16,19,28H,8-9,15,17-18H2,1-2H3. The molecule has 0 saturated heterocycles. The Kier molecular flexibility index (Phi) is 6.49. The molecule has 0 radical (unpaired) electrons. The van der Waals surface area contributed by atoms with Gasteiger partial charge in [0, 0.05) is 54.4 Å². The summed E-state index contributed by atoms with van der Waals surface area (Å²) in [5, 5.41) is 3.96. The molecule has 0 bridgehead atoms. The lowest BCUT2D eigenvalue weighted by Gasteiger charge is -2.16. The molecule has 1 fully saturated rings. The lowest BCUT2D eigenvalue weighted by molar-refractivity contribution is 0.587. The van der Waals surface area contributed by atoms with Crippen LogP contribution in [0.3, 0.4) is 0 Å². The van der Waals surface area contributed by atoms with E-state index in [1.165, 1.54) is 29.9 Å². The smallest absolute Gasteiger partial charge is 0.275 e. The molecule has 1 saturated carbocycles. The third-order valence-corrected chi connectivity index (χ3v) is 9.02. The van der Waals surface area contributed by atoms with Gasteiger partial charge in [-0.25, -0.2) is 20.8 Å². The molecule has 0 spiro atoms. The summed E-state index contributed by atoms with van der Waals surface area (Å²) < 4.78 is 53.2. The van der Waals surface area contributed by atoms with E-state index in [0.717, 1.165) is 21.8 Å². The van der Waals surface area contributed by atoms with Crippen LogP contribution in [0.4, 0.5) is 5.69 Å². The van der Waals surface area contributed by atoms with Gasteiger partial charge in [-0.1, -0.05) is 36.4 Å². The maximum atomic E-state index is 13.4. The monoisotopic (exact) mass is 539 g/mol. The van der Waals surface area contributed by atoms with Crippen LogP contribution in [-0.4, -0.2) is 38.2 Å². The lowest BCUT2D eigenvalue weighted by Crippen LogP contribution is -2.23. The van der Waals surface area contributed by atoms with E-state index in [0.29, 0.717) is 28.0 Å². The second-order valence-corrected chi connectivity index (χ2v) is 13.8. The molecule has 1 aliphatic rings. The average molecular weight is 540 g/mol. The van der Waals surface area contributed by atoms with Crippen LogP contribution in [0.25, 0.3) is 22.0 Å². The molecule has 0 atom stereocenters. The van der Waals surface area contributed by atoms with Gasteiger partial charge in [0.1, 0.15) is 5.52 Å². The van der Waals surface area contributed by atoms with Crippen molar-refractivity contribution < 1.29 is 16.8 Å². The number of aromatic nitrogens is 2. The fourth-order valence-corrected chi connectivity index (χ4v) is 6.81. The Morgan fingerprint density at radius 1 is 0.919 bits per heavy atom. The molecule has 0 unspecified atom stereocenters. The molecule has 194 valence electrons. The van der Waals surface area contributed by atoms with Crippen LogP contribution in [0, 0.1) is 5.92 Å². The third-order valence-electron chi connectivity index (χ3n) is 6.56. The molecule has 10 heteroatoms. The topological polar surface area (TPSA) is 107 Å². The predicted molar refractivity (Wildman–Crippen MR) is 147 cm³/mol. The minimum absolute atomic E-state index is 0.0672. The van der Waals surface area contributed by atoms with Gasteiger partial charge in [-0.2, -0.15) is 0 Å².